The predicted octanol–water partition coefficient (Wildman–Crippen LogP) is 3.34. The number of hydrogen-bond donors (Lipinski definition) is 1. The first-order chi connectivity index (χ1) is 12.0. The van der Waals surface area contributed by atoms with Crippen LogP contribution < -0.4 is 10.2 Å². The zero-order valence-corrected chi connectivity index (χ0v) is 14.0. The highest BCUT2D eigenvalue weighted by atomic mass is 35.5. The van der Waals surface area contributed by atoms with Crippen molar-refractivity contribution in [3.05, 3.63) is 63.2 Å². The highest BCUT2D eigenvalue weighted by molar-refractivity contribution is 6.34. The number of halogens is 1. The minimum absolute atomic E-state index is 0.137. The molecule has 3 rings (SSSR count). The molecule has 2 aromatic rings. The third-order valence-electron chi connectivity index (χ3n) is 3.91. The average Bonchev–Trinajstić information content (AvgIpc) is 2.64. The van der Waals surface area contributed by atoms with E-state index < -0.39 is 4.92 Å². The molecule has 7 nitrogen and oxygen atoms in total. The van der Waals surface area contributed by atoms with Crippen molar-refractivity contribution in [1.29, 1.82) is 0 Å². The van der Waals surface area contributed by atoms with Crippen LogP contribution in [0.15, 0.2) is 42.5 Å². The highest BCUT2D eigenvalue weighted by Gasteiger charge is 2.15. The topological polar surface area (TPSA) is 84.7 Å². The maximum Gasteiger partial charge on any atom is 0.271 e. The summed E-state index contributed by atoms with van der Waals surface area (Å²) in [4.78, 5) is 24.9. The molecular formula is C17H16ClN3O4. The lowest BCUT2D eigenvalue weighted by Gasteiger charge is -2.28. The van der Waals surface area contributed by atoms with Crippen LogP contribution in [0, 0.1) is 10.1 Å². The molecule has 130 valence electrons. The van der Waals surface area contributed by atoms with E-state index in [9.17, 15) is 14.9 Å². The lowest BCUT2D eigenvalue weighted by Crippen LogP contribution is -2.36. The molecule has 0 bridgehead atoms. The Labute approximate surface area is 149 Å². The molecule has 1 aliphatic rings. The molecule has 0 spiro atoms. The number of rotatable bonds is 4. The Kier molecular flexibility index (Phi) is 5.16. The van der Waals surface area contributed by atoms with Gasteiger partial charge in [-0.15, -0.1) is 0 Å². The van der Waals surface area contributed by atoms with Gasteiger partial charge in [0.2, 0.25) is 0 Å². The monoisotopic (exact) mass is 361 g/mol. The number of nitro groups is 1. The van der Waals surface area contributed by atoms with Crippen molar-refractivity contribution < 1.29 is 14.5 Å². The van der Waals surface area contributed by atoms with E-state index >= 15 is 0 Å². The van der Waals surface area contributed by atoms with E-state index in [4.69, 9.17) is 16.3 Å². The zero-order valence-electron chi connectivity index (χ0n) is 13.3. The number of hydrogen-bond acceptors (Lipinski definition) is 5. The smallest absolute Gasteiger partial charge is 0.271 e. The van der Waals surface area contributed by atoms with Gasteiger partial charge < -0.3 is 15.0 Å². The van der Waals surface area contributed by atoms with Gasteiger partial charge in [-0.1, -0.05) is 11.6 Å². The van der Waals surface area contributed by atoms with Crippen LogP contribution in [0.5, 0.6) is 0 Å². The van der Waals surface area contributed by atoms with E-state index in [1.807, 2.05) is 12.1 Å². The number of nitrogens with zero attached hydrogens (tertiary/aromatic N) is 2. The Hall–Kier alpha value is -2.64. The van der Waals surface area contributed by atoms with Gasteiger partial charge in [-0.25, -0.2) is 0 Å². The summed E-state index contributed by atoms with van der Waals surface area (Å²) in [7, 11) is 0. The van der Waals surface area contributed by atoms with Crippen LogP contribution in [0.2, 0.25) is 5.02 Å². The average molecular weight is 362 g/mol. The molecule has 0 saturated carbocycles. The van der Waals surface area contributed by atoms with Gasteiger partial charge in [-0.05, 0) is 30.3 Å². The molecule has 0 radical (unpaired) electrons. The van der Waals surface area contributed by atoms with Gasteiger partial charge in [0.15, 0.2) is 0 Å². The molecule has 2 aromatic carbocycles. The summed E-state index contributed by atoms with van der Waals surface area (Å²) >= 11 is 6.00. The van der Waals surface area contributed by atoms with Gasteiger partial charge >= 0.3 is 0 Å². The number of amides is 1. The quantitative estimate of drug-likeness (QED) is 0.667. The van der Waals surface area contributed by atoms with E-state index in [0.29, 0.717) is 18.8 Å². The Morgan fingerprint density at radius 3 is 2.48 bits per heavy atom. The molecule has 1 fully saturated rings. The SMILES string of the molecule is O=C(Nc1cc([N+](=O)[O-])ccc1Cl)c1ccc(N2CCOCC2)cc1. The van der Waals surface area contributed by atoms with E-state index in [-0.39, 0.29) is 22.3 Å². The number of carbonyl (C=O) groups is 1. The summed E-state index contributed by atoms with van der Waals surface area (Å²) < 4.78 is 5.32. The van der Waals surface area contributed by atoms with Gasteiger partial charge in [0, 0.05) is 36.5 Å². The Morgan fingerprint density at radius 2 is 1.84 bits per heavy atom. The molecule has 1 heterocycles. The fraction of sp³-hybridized carbons (Fsp3) is 0.235. The Bertz CT molecular complexity index is 789. The number of ether oxygens (including phenoxy) is 1. The summed E-state index contributed by atoms with van der Waals surface area (Å²) in [6.45, 7) is 3.00. The van der Waals surface area contributed by atoms with Crippen molar-refractivity contribution in [3.8, 4) is 0 Å². The van der Waals surface area contributed by atoms with Crippen molar-refractivity contribution in [2.45, 2.75) is 0 Å². The standard InChI is InChI=1S/C17H16ClN3O4/c18-15-6-5-14(21(23)24)11-16(15)19-17(22)12-1-3-13(4-2-12)20-7-9-25-10-8-20/h1-6,11H,7-10H2,(H,19,22). The number of carbonyl (C=O) groups excluding carboxylic acids is 1. The molecule has 0 aliphatic carbocycles. The second-order valence-corrected chi connectivity index (χ2v) is 5.93. The molecule has 0 atom stereocenters. The molecule has 8 heteroatoms. The van der Waals surface area contributed by atoms with Crippen LogP contribution in [-0.4, -0.2) is 37.1 Å². The summed E-state index contributed by atoms with van der Waals surface area (Å²) in [6.07, 6.45) is 0. The molecule has 1 saturated heterocycles. The van der Waals surface area contributed by atoms with Crippen molar-refractivity contribution >= 4 is 34.6 Å². The van der Waals surface area contributed by atoms with Crippen molar-refractivity contribution in [3.63, 3.8) is 0 Å². The number of morpholine rings is 1. The molecule has 0 unspecified atom stereocenters. The van der Waals surface area contributed by atoms with Gasteiger partial charge in [0.1, 0.15) is 0 Å². The minimum atomic E-state index is -0.539. The summed E-state index contributed by atoms with van der Waals surface area (Å²) in [5.41, 5.74) is 1.54. The third-order valence-corrected chi connectivity index (χ3v) is 4.24. The van der Waals surface area contributed by atoms with Crippen LogP contribution >= 0.6 is 11.6 Å². The number of non-ortho nitro benzene ring substituents is 1. The largest absolute Gasteiger partial charge is 0.378 e. The second-order valence-electron chi connectivity index (χ2n) is 5.52. The van der Waals surface area contributed by atoms with Crippen molar-refractivity contribution in [2.75, 3.05) is 36.5 Å². The fourth-order valence-corrected chi connectivity index (χ4v) is 2.73. The first kappa shape index (κ1) is 17.2. The van der Waals surface area contributed by atoms with Crippen LogP contribution in [0.3, 0.4) is 0 Å². The summed E-state index contributed by atoms with van der Waals surface area (Å²) in [5, 5.41) is 13.7. The zero-order chi connectivity index (χ0) is 17.8. The lowest BCUT2D eigenvalue weighted by molar-refractivity contribution is -0.384. The van der Waals surface area contributed by atoms with E-state index in [1.54, 1.807) is 12.1 Å². The molecule has 1 N–H and O–H groups in total. The summed E-state index contributed by atoms with van der Waals surface area (Å²) in [5.74, 6) is -0.379. The minimum Gasteiger partial charge on any atom is -0.378 e. The third kappa shape index (κ3) is 4.07. The Balaban J connectivity index is 1.73. The summed E-state index contributed by atoms with van der Waals surface area (Å²) in [6, 6.07) is 11.1. The van der Waals surface area contributed by atoms with Gasteiger partial charge in [0.05, 0.1) is 28.8 Å². The first-order valence-corrected chi connectivity index (χ1v) is 8.10. The van der Waals surface area contributed by atoms with E-state index in [1.165, 1.54) is 18.2 Å². The molecule has 1 aliphatic heterocycles. The highest BCUT2D eigenvalue weighted by Crippen LogP contribution is 2.27. The normalized spacial score (nSPS) is 14.2. The number of anilines is 2. The Morgan fingerprint density at radius 1 is 1.16 bits per heavy atom. The van der Waals surface area contributed by atoms with Crippen molar-refractivity contribution in [2.24, 2.45) is 0 Å². The van der Waals surface area contributed by atoms with E-state index in [2.05, 4.69) is 10.2 Å². The molecular weight excluding hydrogens is 346 g/mol. The molecule has 1 amide bonds. The first-order valence-electron chi connectivity index (χ1n) is 7.72. The molecule has 0 aromatic heterocycles. The van der Waals surface area contributed by atoms with Gasteiger partial charge in [-0.3, -0.25) is 14.9 Å². The van der Waals surface area contributed by atoms with E-state index in [0.717, 1.165) is 18.8 Å². The van der Waals surface area contributed by atoms with Crippen molar-refractivity contribution in [1.82, 2.24) is 0 Å². The number of nitrogens with one attached hydrogen (secondary N) is 1. The maximum atomic E-state index is 12.4. The molecule has 25 heavy (non-hydrogen) atoms. The van der Waals surface area contributed by atoms with Crippen LogP contribution in [-0.2, 0) is 4.74 Å². The van der Waals surface area contributed by atoms with Crippen LogP contribution in [0.1, 0.15) is 10.4 Å². The number of benzene rings is 2. The lowest BCUT2D eigenvalue weighted by atomic mass is 10.1. The predicted molar refractivity (Wildman–Crippen MR) is 95.5 cm³/mol. The second kappa shape index (κ2) is 7.50. The maximum absolute atomic E-state index is 12.4. The van der Waals surface area contributed by atoms with Gasteiger partial charge in [0.25, 0.3) is 11.6 Å². The fourth-order valence-electron chi connectivity index (χ4n) is 2.56. The number of nitro benzene ring substituents is 1. The van der Waals surface area contributed by atoms with Crippen LogP contribution in [0.4, 0.5) is 17.1 Å². The van der Waals surface area contributed by atoms with Gasteiger partial charge in [-0.2, -0.15) is 0 Å². The van der Waals surface area contributed by atoms with Crippen LogP contribution in [0.25, 0.3) is 0 Å².